The Hall–Kier alpha value is -1.95. The van der Waals surface area contributed by atoms with E-state index in [1.807, 2.05) is 6.07 Å². The first-order valence-corrected chi connectivity index (χ1v) is 10.0. The summed E-state index contributed by atoms with van der Waals surface area (Å²) in [6.07, 6.45) is 8.00. The predicted octanol–water partition coefficient (Wildman–Crippen LogP) is 1.48. The Morgan fingerprint density at radius 2 is 1.85 bits per heavy atom. The lowest BCUT2D eigenvalue weighted by Crippen LogP contribution is -2.49. The van der Waals surface area contributed by atoms with Crippen LogP contribution >= 0.6 is 0 Å². The molecule has 6 heteroatoms. The van der Waals surface area contributed by atoms with Crippen LogP contribution in [0, 0.1) is 5.92 Å². The SMILES string of the molecule is Cn1nc2c(c1CN1CC(Cn3nc4c(cc3=O)CCCC4)C1)CCC2. The van der Waals surface area contributed by atoms with Gasteiger partial charge in [-0.2, -0.15) is 10.2 Å². The number of likely N-dealkylation sites (tertiary alicyclic amines) is 1. The summed E-state index contributed by atoms with van der Waals surface area (Å²) >= 11 is 0. The first-order valence-electron chi connectivity index (χ1n) is 10.0. The molecule has 1 fully saturated rings. The van der Waals surface area contributed by atoms with Gasteiger partial charge in [0.1, 0.15) is 0 Å². The van der Waals surface area contributed by atoms with Crippen LogP contribution in [0.4, 0.5) is 0 Å². The van der Waals surface area contributed by atoms with Crippen molar-refractivity contribution < 1.29 is 0 Å². The van der Waals surface area contributed by atoms with Crippen LogP contribution in [0.2, 0.25) is 0 Å². The van der Waals surface area contributed by atoms with Gasteiger partial charge in [-0.05, 0) is 56.1 Å². The van der Waals surface area contributed by atoms with Crippen LogP contribution in [0.3, 0.4) is 0 Å². The van der Waals surface area contributed by atoms with Gasteiger partial charge in [-0.15, -0.1) is 0 Å². The van der Waals surface area contributed by atoms with Crippen molar-refractivity contribution >= 4 is 0 Å². The first-order chi connectivity index (χ1) is 12.7. The van der Waals surface area contributed by atoms with E-state index in [0.29, 0.717) is 5.92 Å². The highest BCUT2D eigenvalue weighted by atomic mass is 16.1. The Kier molecular flexibility index (Phi) is 3.96. The van der Waals surface area contributed by atoms with E-state index in [9.17, 15) is 4.79 Å². The van der Waals surface area contributed by atoms with Crippen molar-refractivity contribution in [3.05, 3.63) is 44.6 Å². The summed E-state index contributed by atoms with van der Waals surface area (Å²) in [5.74, 6) is 0.531. The number of hydrogen-bond donors (Lipinski definition) is 0. The van der Waals surface area contributed by atoms with Gasteiger partial charge < -0.3 is 0 Å². The van der Waals surface area contributed by atoms with Crippen LogP contribution in [0.5, 0.6) is 0 Å². The normalized spacial score (nSPS) is 20.0. The summed E-state index contributed by atoms with van der Waals surface area (Å²) in [4.78, 5) is 14.8. The Labute approximate surface area is 153 Å². The van der Waals surface area contributed by atoms with E-state index in [0.717, 1.165) is 51.1 Å². The highest BCUT2D eigenvalue weighted by Gasteiger charge is 2.30. The van der Waals surface area contributed by atoms with Gasteiger partial charge in [0, 0.05) is 38.7 Å². The fraction of sp³-hybridized carbons (Fsp3) is 0.650. The third kappa shape index (κ3) is 2.80. The van der Waals surface area contributed by atoms with Crippen LogP contribution in [0.15, 0.2) is 10.9 Å². The van der Waals surface area contributed by atoms with E-state index in [1.165, 1.54) is 48.2 Å². The zero-order valence-electron chi connectivity index (χ0n) is 15.6. The van der Waals surface area contributed by atoms with Crippen LogP contribution in [0.25, 0.3) is 0 Å². The third-order valence-corrected chi connectivity index (χ3v) is 6.31. The number of nitrogens with zero attached hydrogens (tertiary/aromatic N) is 5. The number of hydrogen-bond acceptors (Lipinski definition) is 4. The molecule has 3 heterocycles. The molecule has 0 saturated carbocycles. The number of rotatable bonds is 4. The van der Waals surface area contributed by atoms with E-state index in [1.54, 1.807) is 4.68 Å². The molecule has 2 aliphatic carbocycles. The molecule has 0 N–H and O–H groups in total. The van der Waals surface area contributed by atoms with Crippen molar-refractivity contribution in [3.63, 3.8) is 0 Å². The molecule has 0 spiro atoms. The van der Waals surface area contributed by atoms with E-state index >= 15 is 0 Å². The van der Waals surface area contributed by atoms with E-state index in [4.69, 9.17) is 0 Å². The van der Waals surface area contributed by atoms with Crippen LogP contribution in [-0.4, -0.2) is 37.6 Å². The summed E-state index contributed by atoms with van der Waals surface area (Å²) in [5.41, 5.74) is 6.59. The van der Waals surface area contributed by atoms with E-state index < -0.39 is 0 Å². The van der Waals surface area contributed by atoms with Crippen molar-refractivity contribution in [2.24, 2.45) is 13.0 Å². The van der Waals surface area contributed by atoms with Crippen molar-refractivity contribution in [2.75, 3.05) is 13.1 Å². The minimum Gasteiger partial charge on any atom is -0.297 e. The minimum absolute atomic E-state index is 0.0774. The first kappa shape index (κ1) is 16.2. The van der Waals surface area contributed by atoms with Gasteiger partial charge in [0.2, 0.25) is 0 Å². The number of aromatic nitrogens is 4. The van der Waals surface area contributed by atoms with Gasteiger partial charge >= 0.3 is 0 Å². The molecule has 1 saturated heterocycles. The lowest BCUT2D eigenvalue weighted by Gasteiger charge is -2.39. The summed E-state index contributed by atoms with van der Waals surface area (Å²) < 4.78 is 3.79. The van der Waals surface area contributed by atoms with E-state index in [-0.39, 0.29) is 5.56 Å². The second-order valence-corrected chi connectivity index (χ2v) is 8.25. The quantitative estimate of drug-likeness (QED) is 0.835. The predicted molar refractivity (Wildman–Crippen MR) is 99.1 cm³/mol. The molecule has 6 nitrogen and oxygen atoms in total. The maximum absolute atomic E-state index is 12.4. The molecule has 2 aromatic heterocycles. The van der Waals surface area contributed by atoms with Gasteiger partial charge in [0.05, 0.1) is 23.6 Å². The Morgan fingerprint density at radius 1 is 1.04 bits per heavy atom. The topological polar surface area (TPSA) is 56.0 Å². The zero-order chi connectivity index (χ0) is 17.7. The Balaban J connectivity index is 1.22. The highest BCUT2D eigenvalue weighted by molar-refractivity contribution is 5.30. The smallest absolute Gasteiger partial charge is 0.267 e. The lowest BCUT2D eigenvalue weighted by atomic mass is 9.96. The maximum atomic E-state index is 12.4. The molecule has 0 radical (unpaired) electrons. The monoisotopic (exact) mass is 353 g/mol. The summed E-state index contributed by atoms with van der Waals surface area (Å²) in [6.45, 7) is 3.84. The average Bonchev–Trinajstić information content (AvgIpc) is 3.15. The fourth-order valence-corrected chi connectivity index (χ4v) is 4.89. The van der Waals surface area contributed by atoms with Gasteiger partial charge in [-0.1, -0.05) is 0 Å². The van der Waals surface area contributed by atoms with Gasteiger partial charge in [-0.25, -0.2) is 4.68 Å². The van der Waals surface area contributed by atoms with Crippen molar-refractivity contribution in [3.8, 4) is 0 Å². The fourth-order valence-electron chi connectivity index (χ4n) is 4.89. The second kappa shape index (κ2) is 6.34. The van der Waals surface area contributed by atoms with Gasteiger partial charge in [0.15, 0.2) is 0 Å². The minimum atomic E-state index is 0.0774. The molecule has 138 valence electrons. The van der Waals surface area contributed by atoms with Gasteiger partial charge in [0.25, 0.3) is 5.56 Å². The van der Waals surface area contributed by atoms with Crippen LogP contribution in [-0.2, 0) is 45.8 Å². The summed E-state index contributed by atoms with van der Waals surface area (Å²) in [5, 5.41) is 9.34. The molecule has 1 aliphatic heterocycles. The lowest BCUT2D eigenvalue weighted by molar-refractivity contribution is 0.0737. The second-order valence-electron chi connectivity index (χ2n) is 8.25. The molecule has 5 rings (SSSR count). The standard InChI is InChI=1S/C20H27N5O/c1-23-19(16-6-4-8-18(16)21-23)13-24-10-14(11-24)12-25-20(26)9-15-5-2-3-7-17(15)22-25/h9,14H,2-8,10-13H2,1H3. The number of fused-ring (bicyclic) bond motifs is 2. The summed E-state index contributed by atoms with van der Waals surface area (Å²) in [7, 11) is 2.07. The zero-order valence-corrected chi connectivity index (χ0v) is 15.6. The molecular weight excluding hydrogens is 326 g/mol. The highest BCUT2D eigenvalue weighted by Crippen LogP contribution is 2.28. The molecule has 2 aromatic rings. The average molecular weight is 353 g/mol. The van der Waals surface area contributed by atoms with Gasteiger partial charge in [-0.3, -0.25) is 14.4 Å². The Morgan fingerprint density at radius 3 is 2.73 bits per heavy atom. The molecule has 0 atom stereocenters. The molecule has 0 unspecified atom stereocenters. The molecule has 26 heavy (non-hydrogen) atoms. The Bertz CT molecular complexity index is 890. The van der Waals surface area contributed by atoms with Crippen molar-refractivity contribution in [1.29, 1.82) is 0 Å². The van der Waals surface area contributed by atoms with E-state index in [2.05, 4.69) is 26.8 Å². The molecular formula is C20H27N5O. The molecule has 0 bridgehead atoms. The third-order valence-electron chi connectivity index (χ3n) is 6.31. The molecule has 0 amide bonds. The summed E-state index contributed by atoms with van der Waals surface area (Å²) in [6, 6.07) is 1.83. The molecule has 3 aliphatic rings. The van der Waals surface area contributed by atoms with Crippen LogP contribution in [0.1, 0.15) is 47.5 Å². The number of aryl methyl sites for hydroxylation is 4. The largest absolute Gasteiger partial charge is 0.297 e. The van der Waals surface area contributed by atoms with Crippen LogP contribution < -0.4 is 5.56 Å². The maximum Gasteiger partial charge on any atom is 0.267 e. The molecule has 0 aromatic carbocycles. The van der Waals surface area contributed by atoms with Crippen molar-refractivity contribution in [1.82, 2.24) is 24.5 Å². The van der Waals surface area contributed by atoms with Crippen molar-refractivity contribution in [2.45, 2.75) is 58.0 Å².